The van der Waals surface area contributed by atoms with Crippen LogP contribution in [0.15, 0.2) is 30.6 Å². The third kappa shape index (κ3) is 3.01. The molecule has 0 atom stereocenters. The summed E-state index contributed by atoms with van der Waals surface area (Å²) in [5, 5.41) is 0.680. The van der Waals surface area contributed by atoms with Gasteiger partial charge in [0.2, 0.25) is 0 Å². The van der Waals surface area contributed by atoms with Crippen LogP contribution in [0, 0.1) is 6.92 Å². The smallest absolute Gasteiger partial charge is 0.111 e. The van der Waals surface area contributed by atoms with Crippen molar-refractivity contribution >= 4 is 34.2 Å². The lowest BCUT2D eigenvalue weighted by Crippen LogP contribution is -2.07. The molecule has 2 aromatic heterocycles. The van der Waals surface area contributed by atoms with Crippen molar-refractivity contribution in [2.24, 2.45) is 0 Å². The number of aryl methyl sites for hydroxylation is 2. The first-order chi connectivity index (χ1) is 10.2. The Labute approximate surface area is 132 Å². The van der Waals surface area contributed by atoms with Gasteiger partial charge in [-0.3, -0.25) is 9.97 Å². The molecule has 0 aliphatic carbocycles. The number of alkyl halides is 1. The highest BCUT2D eigenvalue weighted by atomic mass is 35.5. The molecule has 3 aromatic rings. The van der Waals surface area contributed by atoms with Crippen LogP contribution in [-0.4, -0.2) is 25.4 Å². The Morgan fingerprint density at radius 3 is 2.76 bits per heavy atom. The highest BCUT2D eigenvalue weighted by Gasteiger charge is 2.12. The summed E-state index contributed by atoms with van der Waals surface area (Å²) in [4.78, 5) is 13.3. The predicted octanol–water partition coefficient (Wildman–Crippen LogP) is 3.62. The first-order valence-electron chi connectivity index (χ1n) is 6.65. The van der Waals surface area contributed by atoms with E-state index in [0.29, 0.717) is 23.9 Å². The number of nitrogens with zero attached hydrogens (tertiary/aromatic N) is 4. The maximum Gasteiger partial charge on any atom is 0.111 e. The van der Waals surface area contributed by atoms with Crippen molar-refractivity contribution in [3.05, 3.63) is 52.8 Å². The van der Waals surface area contributed by atoms with Gasteiger partial charge in [0.05, 0.1) is 35.2 Å². The van der Waals surface area contributed by atoms with Gasteiger partial charge in [0, 0.05) is 23.5 Å². The molecule has 21 heavy (non-hydrogen) atoms. The zero-order valence-electron chi connectivity index (χ0n) is 11.6. The predicted molar refractivity (Wildman–Crippen MR) is 85.0 cm³/mol. The highest BCUT2D eigenvalue weighted by molar-refractivity contribution is 6.31. The maximum absolute atomic E-state index is 6.04. The third-order valence-corrected chi connectivity index (χ3v) is 3.69. The fourth-order valence-corrected chi connectivity index (χ4v) is 2.60. The lowest BCUT2D eigenvalue weighted by molar-refractivity contribution is 0.732. The van der Waals surface area contributed by atoms with Gasteiger partial charge in [-0.25, -0.2) is 4.98 Å². The van der Waals surface area contributed by atoms with Gasteiger partial charge in [-0.05, 0) is 25.1 Å². The largest absolute Gasteiger partial charge is 0.322 e. The fraction of sp³-hybridized carbons (Fsp3) is 0.267. The van der Waals surface area contributed by atoms with Gasteiger partial charge in [-0.1, -0.05) is 11.6 Å². The quantitative estimate of drug-likeness (QED) is 0.689. The third-order valence-electron chi connectivity index (χ3n) is 3.26. The number of benzene rings is 1. The summed E-state index contributed by atoms with van der Waals surface area (Å²) in [6, 6.07) is 5.71. The van der Waals surface area contributed by atoms with E-state index in [0.717, 1.165) is 28.2 Å². The van der Waals surface area contributed by atoms with Crippen LogP contribution in [0.25, 0.3) is 11.0 Å². The Bertz CT molecular complexity index is 765. The number of halogens is 2. The van der Waals surface area contributed by atoms with Crippen LogP contribution >= 0.6 is 23.2 Å². The van der Waals surface area contributed by atoms with Crippen LogP contribution in [0.1, 0.15) is 17.2 Å². The normalized spacial score (nSPS) is 11.2. The van der Waals surface area contributed by atoms with Crippen LogP contribution in [0.5, 0.6) is 0 Å². The molecule has 0 saturated carbocycles. The Balaban J connectivity index is 2.06. The molecule has 0 aliphatic heterocycles. The van der Waals surface area contributed by atoms with E-state index in [2.05, 4.69) is 19.5 Å². The lowest BCUT2D eigenvalue weighted by Gasteiger charge is -2.08. The SMILES string of the molecule is Cc1cnc(Cn2c(CCCl)nc3cc(Cl)ccc32)cn1. The first-order valence-corrected chi connectivity index (χ1v) is 7.57. The van der Waals surface area contributed by atoms with E-state index in [-0.39, 0.29) is 0 Å². The topological polar surface area (TPSA) is 43.6 Å². The molecule has 1 aromatic carbocycles. The summed E-state index contributed by atoms with van der Waals surface area (Å²) in [5.41, 5.74) is 3.71. The summed E-state index contributed by atoms with van der Waals surface area (Å²) < 4.78 is 2.12. The number of hydrogen-bond donors (Lipinski definition) is 0. The van der Waals surface area contributed by atoms with Gasteiger partial charge >= 0.3 is 0 Å². The van der Waals surface area contributed by atoms with Crippen LogP contribution in [0.2, 0.25) is 5.02 Å². The fourth-order valence-electron chi connectivity index (χ4n) is 2.27. The maximum atomic E-state index is 6.04. The molecule has 0 amide bonds. The van der Waals surface area contributed by atoms with Gasteiger partial charge < -0.3 is 4.57 Å². The Morgan fingerprint density at radius 2 is 2.05 bits per heavy atom. The molecule has 4 nitrogen and oxygen atoms in total. The monoisotopic (exact) mass is 320 g/mol. The van der Waals surface area contributed by atoms with Crippen molar-refractivity contribution in [3.63, 3.8) is 0 Å². The summed E-state index contributed by atoms with van der Waals surface area (Å²) in [6.07, 6.45) is 4.27. The van der Waals surface area contributed by atoms with Crippen molar-refractivity contribution < 1.29 is 0 Å². The highest BCUT2D eigenvalue weighted by Crippen LogP contribution is 2.22. The average Bonchev–Trinajstić information content (AvgIpc) is 2.79. The first kappa shape index (κ1) is 14.3. The van der Waals surface area contributed by atoms with Gasteiger partial charge in [0.15, 0.2) is 0 Å². The lowest BCUT2D eigenvalue weighted by atomic mass is 10.3. The second-order valence-corrected chi connectivity index (χ2v) is 5.65. The van der Waals surface area contributed by atoms with E-state index < -0.39 is 0 Å². The van der Waals surface area contributed by atoms with Gasteiger partial charge in [-0.2, -0.15) is 0 Å². The molecule has 0 unspecified atom stereocenters. The standard InChI is InChI=1S/C15H14Cl2N4/c1-10-7-19-12(8-18-10)9-21-14-3-2-11(17)6-13(14)20-15(21)4-5-16/h2-3,6-8H,4-5,9H2,1H3. The molecular formula is C15H14Cl2N4. The van der Waals surface area contributed by atoms with E-state index in [9.17, 15) is 0 Å². The summed E-state index contributed by atoms with van der Waals surface area (Å²) in [7, 11) is 0. The van der Waals surface area contributed by atoms with E-state index in [1.54, 1.807) is 12.4 Å². The van der Waals surface area contributed by atoms with Gasteiger partial charge in [-0.15, -0.1) is 11.6 Å². The van der Waals surface area contributed by atoms with E-state index in [4.69, 9.17) is 23.2 Å². The van der Waals surface area contributed by atoms with Crippen molar-refractivity contribution in [2.45, 2.75) is 19.9 Å². The van der Waals surface area contributed by atoms with Crippen molar-refractivity contribution in [1.82, 2.24) is 19.5 Å². The minimum atomic E-state index is 0.524. The van der Waals surface area contributed by atoms with Crippen LogP contribution < -0.4 is 0 Å². The number of hydrogen-bond acceptors (Lipinski definition) is 3. The molecule has 0 aliphatic rings. The van der Waals surface area contributed by atoms with E-state index in [1.807, 2.05) is 25.1 Å². The van der Waals surface area contributed by atoms with Crippen LogP contribution in [0.3, 0.4) is 0 Å². The minimum absolute atomic E-state index is 0.524. The Morgan fingerprint density at radius 1 is 1.19 bits per heavy atom. The average molecular weight is 321 g/mol. The van der Waals surface area contributed by atoms with Crippen LogP contribution in [-0.2, 0) is 13.0 Å². The molecule has 0 radical (unpaired) electrons. The Kier molecular flexibility index (Phi) is 4.08. The van der Waals surface area contributed by atoms with E-state index in [1.165, 1.54) is 0 Å². The number of fused-ring (bicyclic) bond motifs is 1. The minimum Gasteiger partial charge on any atom is -0.322 e. The van der Waals surface area contributed by atoms with Crippen LogP contribution in [0.4, 0.5) is 0 Å². The molecule has 6 heteroatoms. The number of rotatable bonds is 4. The van der Waals surface area contributed by atoms with Crippen molar-refractivity contribution in [3.8, 4) is 0 Å². The second-order valence-electron chi connectivity index (χ2n) is 4.84. The molecule has 3 rings (SSSR count). The molecule has 2 heterocycles. The summed E-state index contributed by atoms with van der Waals surface area (Å²) >= 11 is 11.9. The second kappa shape index (κ2) is 6.00. The molecule has 0 N–H and O–H groups in total. The molecule has 0 fully saturated rings. The molecule has 108 valence electrons. The summed E-state index contributed by atoms with van der Waals surface area (Å²) in [5.74, 6) is 1.46. The number of aromatic nitrogens is 4. The molecule has 0 spiro atoms. The van der Waals surface area contributed by atoms with Gasteiger partial charge in [0.1, 0.15) is 5.82 Å². The molecule has 0 bridgehead atoms. The number of imidazole rings is 1. The van der Waals surface area contributed by atoms with Crippen molar-refractivity contribution in [1.29, 1.82) is 0 Å². The van der Waals surface area contributed by atoms with E-state index >= 15 is 0 Å². The van der Waals surface area contributed by atoms with Crippen molar-refractivity contribution in [2.75, 3.05) is 5.88 Å². The molecule has 0 saturated heterocycles. The Hall–Kier alpha value is -1.65. The zero-order chi connectivity index (χ0) is 14.8. The van der Waals surface area contributed by atoms with Gasteiger partial charge in [0.25, 0.3) is 0 Å². The molecular weight excluding hydrogens is 307 g/mol. The zero-order valence-corrected chi connectivity index (χ0v) is 13.1. The summed E-state index contributed by atoms with van der Waals surface area (Å²) in [6.45, 7) is 2.54.